The number of thioether (sulfide) groups is 1. The molecule has 0 atom stereocenters. The first-order valence-electron chi connectivity index (χ1n) is 6.86. The molecule has 1 heterocycles. The Morgan fingerprint density at radius 2 is 2.24 bits per heavy atom. The summed E-state index contributed by atoms with van der Waals surface area (Å²) in [6.07, 6.45) is 2.96. The van der Waals surface area contributed by atoms with E-state index in [9.17, 15) is 0 Å². The average molecular weight is 302 g/mol. The fraction of sp³-hybridized carbons (Fsp3) is 0.400. The van der Waals surface area contributed by atoms with Gasteiger partial charge >= 0.3 is 0 Å². The minimum absolute atomic E-state index is 0.543. The zero-order valence-corrected chi connectivity index (χ0v) is 12.6. The first kappa shape index (κ1) is 15.5. The topological polar surface area (TPSA) is 83.8 Å². The lowest BCUT2D eigenvalue weighted by atomic mass is 10.1. The minimum Gasteiger partial charge on any atom is -0.377 e. The van der Waals surface area contributed by atoms with E-state index in [1.807, 2.05) is 18.2 Å². The fourth-order valence-electron chi connectivity index (χ4n) is 1.91. The normalized spacial score (nSPS) is 14.2. The number of nitriles is 1. The van der Waals surface area contributed by atoms with Crippen molar-refractivity contribution in [3.05, 3.63) is 35.4 Å². The molecule has 1 aliphatic heterocycles. The summed E-state index contributed by atoms with van der Waals surface area (Å²) in [7, 11) is 0. The molecule has 0 unspecified atom stereocenters. The zero-order valence-electron chi connectivity index (χ0n) is 11.8. The lowest BCUT2D eigenvalue weighted by Gasteiger charge is -2.09. The summed E-state index contributed by atoms with van der Waals surface area (Å²) < 4.78 is 5.62. The first-order chi connectivity index (χ1) is 10.3. The van der Waals surface area contributed by atoms with Crippen LogP contribution in [0, 0.1) is 11.3 Å². The molecule has 110 valence electrons. The Labute approximate surface area is 128 Å². The molecule has 0 saturated heterocycles. The SMILES string of the molecule is N#Cc1cccc(COCCCCC2=NN=C(N)SC2)c1. The predicted molar refractivity (Wildman–Crippen MR) is 86.2 cm³/mol. The van der Waals surface area contributed by atoms with E-state index in [1.54, 1.807) is 6.07 Å². The van der Waals surface area contributed by atoms with Gasteiger partial charge in [0.1, 0.15) is 0 Å². The third kappa shape index (κ3) is 5.58. The van der Waals surface area contributed by atoms with Crippen molar-refractivity contribution in [1.29, 1.82) is 5.26 Å². The molecule has 0 radical (unpaired) electrons. The Hall–Kier alpha value is -1.84. The highest BCUT2D eigenvalue weighted by atomic mass is 32.2. The third-order valence-corrected chi connectivity index (χ3v) is 3.86. The molecule has 0 saturated carbocycles. The van der Waals surface area contributed by atoms with Gasteiger partial charge in [-0.05, 0) is 37.0 Å². The zero-order chi connectivity index (χ0) is 14.9. The lowest BCUT2D eigenvalue weighted by molar-refractivity contribution is 0.117. The molecule has 21 heavy (non-hydrogen) atoms. The molecule has 5 nitrogen and oxygen atoms in total. The summed E-state index contributed by atoms with van der Waals surface area (Å²) >= 11 is 1.53. The van der Waals surface area contributed by atoms with Crippen molar-refractivity contribution >= 4 is 22.6 Å². The van der Waals surface area contributed by atoms with E-state index in [0.29, 0.717) is 23.9 Å². The van der Waals surface area contributed by atoms with Gasteiger partial charge in [-0.25, -0.2) is 0 Å². The van der Waals surface area contributed by atoms with Gasteiger partial charge in [-0.3, -0.25) is 0 Å². The Bertz CT molecular complexity index is 577. The van der Waals surface area contributed by atoms with Crippen molar-refractivity contribution in [3.8, 4) is 6.07 Å². The maximum absolute atomic E-state index is 8.82. The van der Waals surface area contributed by atoms with Crippen molar-refractivity contribution < 1.29 is 4.74 Å². The van der Waals surface area contributed by atoms with Crippen LogP contribution < -0.4 is 5.73 Å². The maximum Gasteiger partial charge on any atom is 0.180 e. The smallest absolute Gasteiger partial charge is 0.180 e. The van der Waals surface area contributed by atoms with Crippen LogP contribution in [0.5, 0.6) is 0 Å². The molecule has 6 heteroatoms. The highest BCUT2D eigenvalue weighted by Crippen LogP contribution is 2.12. The number of amidine groups is 1. The van der Waals surface area contributed by atoms with Gasteiger partial charge in [0, 0.05) is 12.4 Å². The third-order valence-electron chi connectivity index (χ3n) is 3.01. The molecule has 0 aromatic heterocycles. The number of hydrogen-bond donors (Lipinski definition) is 1. The van der Waals surface area contributed by atoms with Gasteiger partial charge in [-0.15, -0.1) is 5.10 Å². The van der Waals surface area contributed by atoms with Crippen LogP contribution in [-0.4, -0.2) is 23.2 Å². The van der Waals surface area contributed by atoms with Crippen molar-refractivity contribution in [2.24, 2.45) is 15.9 Å². The number of nitrogens with zero attached hydrogens (tertiary/aromatic N) is 3. The highest BCUT2D eigenvalue weighted by molar-refractivity contribution is 8.14. The van der Waals surface area contributed by atoms with Gasteiger partial charge in [0.15, 0.2) is 5.17 Å². The number of hydrogen-bond acceptors (Lipinski definition) is 6. The quantitative estimate of drug-likeness (QED) is 0.785. The van der Waals surface area contributed by atoms with E-state index in [1.165, 1.54) is 11.8 Å². The summed E-state index contributed by atoms with van der Waals surface area (Å²) in [6, 6.07) is 9.62. The van der Waals surface area contributed by atoms with Crippen LogP contribution in [0.4, 0.5) is 0 Å². The number of benzene rings is 1. The summed E-state index contributed by atoms with van der Waals surface area (Å²) in [5.74, 6) is 0.844. The van der Waals surface area contributed by atoms with Gasteiger partial charge in [-0.1, -0.05) is 23.9 Å². The fourth-order valence-corrected chi connectivity index (χ4v) is 2.53. The van der Waals surface area contributed by atoms with Crippen LogP contribution in [0.1, 0.15) is 30.4 Å². The van der Waals surface area contributed by atoms with E-state index in [0.717, 1.165) is 36.3 Å². The number of unbranched alkanes of at least 4 members (excludes halogenated alkanes) is 1. The van der Waals surface area contributed by atoms with Gasteiger partial charge in [0.2, 0.25) is 0 Å². The molecular weight excluding hydrogens is 284 g/mol. The second kappa shape index (κ2) is 8.45. The van der Waals surface area contributed by atoms with Crippen molar-refractivity contribution in [2.45, 2.75) is 25.9 Å². The predicted octanol–water partition coefficient (Wildman–Crippen LogP) is 2.66. The largest absolute Gasteiger partial charge is 0.377 e. The Morgan fingerprint density at radius 1 is 1.33 bits per heavy atom. The lowest BCUT2D eigenvalue weighted by Crippen LogP contribution is -2.15. The summed E-state index contributed by atoms with van der Waals surface area (Å²) in [5.41, 5.74) is 8.33. The van der Waals surface area contributed by atoms with Crippen LogP contribution in [-0.2, 0) is 11.3 Å². The molecule has 0 amide bonds. The number of nitrogens with two attached hydrogens (primary N) is 1. The van der Waals surface area contributed by atoms with Gasteiger partial charge in [0.05, 0.1) is 24.0 Å². The van der Waals surface area contributed by atoms with E-state index in [-0.39, 0.29) is 0 Å². The average Bonchev–Trinajstić information content (AvgIpc) is 2.52. The highest BCUT2D eigenvalue weighted by Gasteiger charge is 2.07. The van der Waals surface area contributed by atoms with Crippen LogP contribution in [0.3, 0.4) is 0 Å². The van der Waals surface area contributed by atoms with E-state index < -0.39 is 0 Å². The number of rotatable bonds is 7. The van der Waals surface area contributed by atoms with Crippen molar-refractivity contribution in [2.75, 3.05) is 12.4 Å². The minimum atomic E-state index is 0.543. The summed E-state index contributed by atoms with van der Waals surface area (Å²) in [4.78, 5) is 0. The van der Waals surface area contributed by atoms with Gasteiger partial charge < -0.3 is 10.5 Å². The molecule has 2 rings (SSSR count). The molecule has 0 aliphatic carbocycles. The van der Waals surface area contributed by atoms with E-state index in [4.69, 9.17) is 15.7 Å². The van der Waals surface area contributed by atoms with E-state index in [2.05, 4.69) is 16.3 Å². The second-order valence-electron chi connectivity index (χ2n) is 4.72. The Morgan fingerprint density at radius 3 is 3.00 bits per heavy atom. The summed E-state index contributed by atoms with van der Waals surface area (Å²) in [5, 5.41) is 17.3. The monoisotopic (exact) mass is 302 g/mol. The molecule has 2 N–H and O–H groups in total. The standard InChI is InChI=1S/C15H18N4OS/c16-9-12-4-3-5-13(8-12)10-20-7-2-1-6-14-11-21-15(17)19-18-14/h3-5,8H,1-2,6-7,10-11H2,(H2,17,19). The van der Waals surface area contributed by atoms with Crippen molar-refractivity contribution in [3.63, 3.8) is 0 Å². The van der Waals surface area contributed by atoms with Crippen LogP contribution in [0.25, 0.3) is 0 Å². The maximum atomic E-state index is 8.82. The molecule has 1 aromatic rings. The molecule has 1 aliphatic rings. The molecular formula is C15H18N4OS. The molecule has 0 spiro atoms. The van der Waals surface area contributed by atoms with Crippen LogP contribution in [0.15, 0.2) is 34.5 Å². The second-order valence-corrected chi connectivity index (χ2v) is 5.71. The van der Waals surface area contributed by atoms with Crippen molar-refractivity contribution in [1.82, 2.24) is 0 Å². The Balaban J connectivity index is 1.59. The van der Waals surface area contributed by atoms with E-state index >= 15 is 0 Å². The molecule has 0 fully saturated rings. The van der Waals surface area contributed by atoms with Crippen LogP contribution >= 0.6 is 11.8 Å². The Kier molecular flexibility index (Phi) is 6.25. The summed E-state index contributed by atoms with van der Waals surface area (Å²) in [6.45, 7) is 1.26. The number of ether oxygens (including phenoxy) is 1. The van der Waals surface area contributed by atoms with Crippen LogP contribution in [0.2, 0.25) is 0 Å². The first-order valence-corrected chi connectivity index (χ1v) is 7.85. The van der Waals surface area contributed by atoms with Gasteiger partial charge in [0.25, 0.3) is 0 Å². The van der Waals surface area contributed by atoms with Gasteiger partial charge in [-0.2, -0.15) is 10.4 Å². The molecule has 0 bridgehead atoms. The molecule has 1 aromatic carbocycles.